The first-order valence-electron chi connectivity index (χ1n) is 9.70. The van der Waals surface area contributed by atoms with Gasteiger partial charge in [0.15, 0.2) is 0 Å². The molecule has 0 unspecified atom stereocenters. The van der Waals surface area contributed by atoms with Crippen LogP contribution in [-0.2, 0) is 16.1 Å². The van der Waals surface area contributed by atoms with Crippen LogP contribution in [-0.4, -0.2) is 78.3 Å². The molecule has 2 aromatic rings. The number of methoxy groups -OCH3 is 2. The van der Waals surface area contributed by atoms with Crippen molar-refractivity contribution in [1.82, 2.24) is 9.80 Å². The fourth-order valence-electron chi connectivity index (χ4n) is 3.17. The summed E-state index contributed by atoms with van der Waals surface area (Å²) in [5.74, 6) is -2.15. The number of ether oxygens (including phenoxy) is 2. The number of carboxylic acid groups (broad SMARTS) is 2. The number of rotatable bonds is 5. The van der Waals surface area contributed by atoms with Crippen molar-refractivity contribution in [1.29, 1.82) is 0 Å². The first-order valence-corrected chi connectivity index (χ1v) is 10.5. The molecule has 1 saturated heterocycles. The van der Waals surface area contributed by atoms with Crippen LogP contribution in [0.1, 0.15) is 15.9 Å². The van der Waals surface area contributed by atoms with Gasteiger partial charge < -0.3 is 24.6 Å². The third kappa shape index (κ3) is 6.96. The molecule has 0 radical (unpaired) electrons. The smallest absolute Gasteiger partial charge is 0.414 e. The van der Waals surface area contributed by atoms with Gasteiger partial charge in [0.1, 0.15) is 11.5 Å². The third-order valence-electron chi connectivity index (χ3n) is 4.80. The number of nitrogens with zero attached hydrogens (tertiary/aromatic N) is 2. The first kappa shape index (κ1) is 25.2. The van der Waals surface area contributed by atoms with Gasteiger partial charge in [-0.05, 0) is 45.8 Å². The molecule has 1 aliphatic rings. The molecule has 10 heteroatoms. The minimum absolute atomic E-state index is 0.0364. The quantitative estimate of drug-likeness (QED) is 0.591. The van der Waals surface area contributed by atoms with Gasteiger partial charge in [0, 0.05) is 32.7 Å². The Hall–Kier alpha value is -3.11. The fourth-order valence-corrected chi connectivity index (χ4v) is 3.76. The molecule has 0 aromatic heterocycles. The Kier molecular flexibility index (Phi) is 9.48. The minimum atomic E-state index is -1.82. The van der Waals surface area contributed by atoms with Crippen LogP contribution < -0.4 is 9.47 Å². The van der Waals surface area contributed by atoms with E-state index in [0.29, 0.717) is 24.4 Å². The van der Waals surface area contributed by atoms with Crippen LogP contribution in [0.15, 0.2) is 46.9 Å². The molecule has 1 aliphatic heterocycles. The molecule has 3 rings (SSSR count). The van der Waals surface area contributed by atoms with E-state index in [1.807, 2.05) is 35.2 Å². The van der Waals surface area contributed by atoms with Gasteiger partial charge >= 0.3 is 11.9 Å². The van der Waals surface area contributed by atoms with Crippen molar-refractivity contribution >= 4 is 33.8 Å². The lowest BCUT2D eigenvalue weighted by molar-refractivity contribution is -0.159. The summed E-state index contributed by atoms with van der Waals surface area (Å²) < 4.78 is 11.6. The molecule has 1 heterocycles. The summed E-state index contributed by atoms with van der Waals surface area (Å²) >= 11 is 3.53. The van der Waals surface area contributed by atoms with E-state index in [9.17, 15) is 4.79 Å². The number of hydrogen-bond acceptors (Lipinski definition) is 6. The molecular formula is C22H25BrN2O7. The van der Waals surface area contributed by atoms with Gasteiger partial charge in [0.2, 0.25) is 0 Å². The van der Waals surface area contributed by atoms with Crippen molar-refractivity contribution in [2.24, 2.45) is 0 Å². The summed E-state index contributed by atoms with van der Waals surface area (Å²) in [5.41, 5.74) is 1.85. The molecule has 172 valence electrons. The highest BCUT2D eigenvalue weighted by Gasteiger charge is 2.24. The van der Waals surface area contributed by atoms with E-state index < -0.39 is 11.9 Å². The number of benzene rings is 2. The van der Waals surface area contributed by atoms with E-state index in [2.05, 4.69) is 33.0 Å². The van der Waals surface area contributed by atoms with Crippen molar-refractivity contribution in [3.63, 3.8) is 0 Å². The lowest BCUT2D eigenvalue weighted by Crippen LogP contribution is -2.48. The predicted molar refractivity (Wildman–Crippen MR) is 120 cm³/mol. The molecule has 32 heavy (non-hydrogen) atoms. The molecular weight excluding hydrogens is 484 g/mol. The third-order valence-corrected chi connectivity index (χ3v) is 5.42. The number of para-hydroxylation sites is 1. The Bertz CT molecular complexity index is 947. The SMILES string of the molecule is COc1ccc(CN2CCN(C(=O)c3ccccc3OC)CC2)cc1Br.O=C(O)C(=O)O. The Labute approximate surface area is 194 Å². The van der Waals surface area contributed by atoms with Gasteiger partial charge in [-0.2, -0.15) is 0 Å². The van der Waals surface area contributed by atoms with Gasteiger partial charge in [0.05, 0.1) is 24.3 Å². The number of carboxylic acids is 2. The van der Waals surface area contributed by atoms with Gasteiger partial charge in [0.25, 0.3) is 5.91 Å². The van der Waals surface area contributed by atoms with Crippen LogP contribution in [0.25, 0.3) is 0 Å². The molecule has 0 atom stereocenters. The molecule has 1 fully saturated rings. The number of hydrogen-bond donors (Lipinski definition) is 2. The van der Waals surface area contributed by atoms with Crippen LogP contribution in [0.3, 0.4) is 0 Å². The van der Waals surface area contributed by atoms with Crippen LogP contribution >= 0.6 is 15.9 Å². The number of aliphatic carboxylic acids is 2. The zero-order chi connectivity index (χ0) is 23.7. The highest BCUT2D eigenvalue weighted by Crippen LogP contribution is 2.26. The Morgan fingerprint density at radius 2 is 1.50 bits per heavy atom. The van der Waals surface area contributed by atoms with E-state index in [0.717, 1.165) is 29.9 Å². The summed E-state index contributed by atoms with van der Waals surface area (Å²) in [4.78, 5) is 35.2. The largest absolute Gasteiger partial charge is 0.496 e. The molecule has 2 aromatic carbocycles. The molecule has 2 N–H and O–H groups in total. The molecule has 9 nitrogen and oxygen atoms in total. The van der Waals surface area contributed by atoms with Crippen molar-refractivity contribution < 1.29 is 34.1 Å². The number of halogens is 1. The number of piperazine rings is 1. The van der Waals surface area contributed by atoms with Crippen LogP contribution in [0.5, 0.6) is 11.5 Å². The van der Waals surface area contributed by atoms with E-state index >= 15 is 0 Å². The number of carbonyl (C=O) groups excluding carboxylic acids is 1. The summed E-state index contributed by atoms with van der Waals surface area (Å²) in [6, 6.07) is 13.5. The average Bonchev–Trinajstić information content (AvgIpc) is 2.79. The van der Waals surface area contributed by atoms with Gasteiger partial charge in [-0.1, -0.05) is 18.2 Å². The van der Waals surface area contributed by atoms with Crippen LogP contribution in [0.4, 0.5) is 0 Å². The zero-order valence-electron chi connectivity index (χ0n) is 17.8. The molecule has 0 saturated carbocycles. The monoisotopic (exact) mass is 508 g/mol. The lowest BCUT2D eigenvalue weighted by atomic mass is 10.1. The van der Waals surface area contributed by atoms with Crippen molar-refractivity contribution in [3.05, 3.63) is 58.1 Å². The molecule has 0 aliphatic carbocycles. The summed E-state index contributed by atoms with van der Waals surface area (Å²) in [7, 11) is 3.26. The van der Waals surface area contributed by atoms with Crippen molar-refractivity contribution in [3.8, 4) is 11.5 Å². The summed E-state index contributed by atoms with van der Waals surface area (Å²) in [5, 5.41) is 14.8. The number of amides is 1. The van der Waals surface area contributed by atoms with Crippen molar-refractivity contribution in [2.45, 2.75) is 6.54 Å². The topological polar surface area (TPSA) is 117 Å². The first-order chi connectivity index (χ1) is 15.3. The maximum Gasteiger partial charge on any atom is 0.414 e. The standard InChI is InChI=1S/C20H23BrN2O3.C2H2O4/c1-25-18-6-4-3-5-16(18)20(24)23-11-9-22(10-12-23)14-15-7-8-19(26-2)17(21)13-15;3-1(4)2(5)6/h3-8,13H,9-12,14H2,1-2H3;(H,3,4)(H,5,6). The highest BCUT2D eigenvalue weighted by molar-refractivity contribution is 9.10. The summed E-state index contributed by atoms with van der Waals surface area (Å²) in [6.07, 6.45) is 0. The second-order valence-corrected chi connectivity index (χ2v) is 7.70. The van der Waals surface area contributed by atoms with E-state index in [-0.39, 0.29) is 5.91 Å². The van der Waals surface area contributed by atoms with Crippen LogP contribution in [0.2, 0.25) is 0 Å². The maximum atomic E-state index is 12.8. The molecule has 0 bridgehead atoms. The van der Waals surface area contributed by atoms with E-state index in [1.54, 1.807) is 14.2 Å². The van der Waals surface area contributed by atoms with Gasteiger partial charge in [-0.25, -0.2) is 9.59 Å². The second kappa shape index (κ2) is 12.1. The Morgan fingerprint density at radius 3 is 2.03 bits per heavy atom. The van der Waals surface area contributed by atoms with Gasteiger partial charge in [-0.3, -0.25) is 9.69 Å². The van der Waals surface area contributed by atoms with E-state index in [1.165, 1.54) is 5.56 Å². The fraction of sp³-hybridized carbons (Fsp3) is 0.318. The lowest BCUT2D eigenvalue weighted by Gasteiger charge is -2.35. The van der Waals surface area contributed by atoms with Crippen molar-refractivity contribution in [2.75, 3.05) is 40.4 Å². The molecule has 1 amide bonds. The maximum absolute atomic E-state index is 12.8. The van der Waals surface area contributed by atoms with E-state index in [4.69, 9.17) is 29.3 Å². The Morgan fingerprint density at radius 1 is 0.906 bits per heavy atom. The highest BCUT2D eigenvalue weighted by atomic mass is 79.9. The number of carbonyl (C=O) groups is 3. The minimum Gasteiger partial charge on any atom is -0.496 e. The van der Waals surface area contributed by atoms with Gasteiger partial charge in [-0.15, -0.1) is 0 Å². The average molecular weight is 509 g/mol. The Balaban J connectivity index is 0.000000534. The second-order valence-electron chi connectivity index (χ2n) is 6.85. The molecule has 0 spiro atoms. The normalized spacial score (nSPS) is 13.5. The zero-order valence-corrected chi connectivity index (χ0v) is 19.4. The van der Waals surface area contributed by atoms with Crippen LogP contribution in [0, 0.1) is 0 Å². The summed E-state index contributed by atoms with van der Waals surface area (Å²) in [6.45, 7) is 4.00. The predicted octanol–water partition coefficient (Wildman–Crippen LogP) is 2.58.